The number of halogens is 2. The maximum atomic E-state index is 13.8. The lowest BCUT2D eigenvalue weighted by Gasteiger charge is -2.45. The molecule has 10 heteroatoms. The van der Waals surface area contributed by atoms with Crippen LogP contribution in [0.2, 0.25) is 0 Å². The third-order valence-electron chi connectivity index (χ3n) is 4.79. The zero-order chi connectivity index (χ0) is 17.0. The van der Waals surface area contributed by atoms with E-state index in [1.807, 2.05) is 0 Å². The van der Waals surface area contributed by atoms with Gasteiger partial charge in [-0.2, -0.15) is 17.2 Å². The molecule has 7 nitrogen and oxygen atoms in total. The maximum Gasteiger partial charge on any atom is 0.466 e. The molecular formula is C13H16F2O7S. The van der Waals surface area contributed by atoms with E-state index >= 15 is 0 Å². The van der Waals surface area contributed by atoms with E-state index in [0.29, 0.717) is 26.4 Å². The summed E-state index contributed by atoms with van der Waals surface area (Å²) < 4.78 is 63.9. The number of alkyl halides is 2. The molecule has 4 fully saturated rings. The van der Waals surface area contributed by atoms with Gasteiger partial charge in [0.25, 0.3) is 0 Å². The lowest BCUT2D eigenvalue weighted by molar-refractivity contribution is -0.190. The van der Waals surface area contributed by atoms with Crippen molar-refractivity contribution in [2.45, 2.75) is 49.1 Å². The Kier molecular flexibility index (Phi) is 3.67. The standard InChI is InChI=1S/C13H16F2O7S/c1-20-23(18,19)13(14,15)11(17)22-12-4-7-2-8(5-12)10(16)21-9(3-7)6-12/h7-9H,2-6H2,1H3. The van der Waals surface area contributed by atoms with Crippen LogP contribution >= 0.6 is 0 Å². The molecule has 0 amide bonds. The van der Waals surface area contributed by atoms with E-state index in [1.165, 1.54) is 0 Å². The predicted octanol–water partition coefficient (Wildman–Crippen LogP) is 0.973. The lowest BCUT2D eigenvalue weighted by Crippen LogP contribution is -2.51. The number of fused-ring (bicyclic) bond motifs is 1. The highest BCUT2D eigenvalue weighted by molar-refractivity contribution is 7.88. The fraction of sp³-hybridized carbons (Fsp3) is 0.846. The van der Waals surface area contributed by atoms with Gasteiger partial charge in [0.1, 0.15) is 11.7 Å². The minimum atomic E-state index is -5.41. The average molecular weight is 354 g/mol. The second kappa shape index (κ2) is 5.10. The van der Waals surface area contributed by atoms with Gasteiger partial charge in [-0.25, -0.2) is 4.79 Å². The summed E-state index contributed by atoms with van der Waals surface area (Å²) in [4.78, 5) is 23.7. The number of ether oxygens (including phenoxy) is 2. The normalized spacial score (nSPS) is 36.5. The van der Waals surface area contributed by atoms with Gasteiger partial charge in [-0.3, -0.25) is 8.98 Å². The number of hydrogen-bond donors (Lipinski definition) is 0. The fourth-order valence-corrected chi connectivity index (χ4v) is 4.42. The van der Waals surface area contributed by atoms with Crippen molar-refractivity contribution in [3.63, 3.8) is 0 Å². The van der Waals surface area contributed by atoms with Gasteiger partial charge in [0.2, 0.25) is 0 Å². The van der Waals surface area contributed by atoms with Gasteiger partial charge in [-0.15, -0.1) is 0 Å². The van der Waals surface area contributed by atoms with Crippen LogP contribution in [-0.2, 0) is 33.4 Å². The third kappa shape index (κ3) is 2.61. The number of hydrogen-bond acceptors (Lipinski definition) is 7. The monoisotopic (exact) mass is 354 g/mol. The fourth-order valence-electron chi connectivity index (χ4n) is 3.96. The Morgan fingerprint density at radius 3 is 2.65 bits per heavy atom. The van der Waals surface area contributed by atoms with Crippen LogP contribution in [0.5, 0.6) is 0 Å². The molecule has 23 heavy (non-hydrogen) atoms. The first-order valence-electron chi connectivity index (χ1n) is 7.20. The zero-order valence-corrected chi connectivity index (χ0v) is 13.1. The van der Waals surface area contributed by atoms with Crippen LogP contribution in [-0.4, -0.2) is 44.4 Å². The first-order chi connectivity index (χ1) is 10.6. The summed E-state index contributed by atoms with van der Waals surface area (Å²) in [6, 6.07) is 0. The van der Waals surface area contributed by atoms with Crippen LogP contribution < -0.4 is 0 Å². The first-order valence-corrected chi connectivity index (χ1v) is 8.61. The smallest absolute Gasteiger partial charge is 0.462 e. The Morgan fingerprint density at radius 2 is 2.00 bits per heavy atom. The minimum absolute atomic E-state index is 0.0272. The molecule has 0 aromatic rings. The molecule has 0 spiro atoms. The van der Waals surface area contributed by atoms with Crippen LogP contribution in [0.1, 0.15) is 32.1 Å². The van der Waals surface area contributed by atoms with Gasteiger partial charge in [0.15, 0.2) is 0 Å². The highest BCUT2D eigenvalue weighted by Crippen LogP contribution is 2.51. The topological polar surface area (TPSA) is 96.0 Å². The molecule has 0 aromatic carbocycles. The van der Waals surface area contributed by atoms with Crippen LogP contribution in [0.3, 0.4) is 0 Å². The van der Waals surface area contributed by atoms with Crippen molar-refractivity contribution in [3.05, 3.63) is 0 Å². The summed E-state index contributed by atoms with van der Waals surface area (Å²) >= 11 is 0. The molecular weight excluding hydrogens is 338 g/mol. The van der Waals surface area contributed by atoms with Crippen molar-refractivity contribution in [3.8, 4) is 0 Å². The SMILES string of the molecule is COS(=O)(=O)C(F)(F)C(=O)OC12CC3CC(C1)OC(=O)C(C3)C2. The summed E-state index contributed by atoms with van der Waals surface area (Å²) in [7, 11) is -4.87. The molecule has 0 N–H and O–H groups in total. The Balaban J connectivity index is 1.85. The van der Waals surface area contributed by atoms with Gasteiger partial charge in [0, 0.05) is 12.8 Å². The molecule has 4 atom stereocenters. The summed E-state index contributed by atoms with van der Waals surface area (Å²) in [6.45, 7) is 0. The lowest BCUT2D eigenvalue weighted by atomic mass is 9.65. The first kappa shape index (κ1) is 16.6. The molecule has 4 aliphatic rings. The van der Waals surface area contributed by atoms with Gasteiger partial charge in [0.05, 0.1) is 13.0 Å². The Bertz CT molecular complexity index is 647. The van der Waals surface area contributed by atoms with Gasteiger partial charge >= 0.3 is 27.3 Å². The predicted molar refractivity (Wildman–Crippen MR) is 69.6 cm³/mol. The van der Waals surface area contributed by atoms with Gasteiger partial charge in [-0.05, 0) is 25.2 Å². The van der Waals surface area contributed by atoms with Gasteiger partial charge < -0.3 is 9.47 Å². The molecule has 4 rings (SSSR count). The maximum absolute atomic E-state index is 13.8. The van der Waals surface area contributed by atoms with Crippen molar-refractivity contribution >= 4 is 22.1 Å². The highest BCUT2D eigenvalue weighted by atomic mass is 32.2. The Labute approximate surface area is 131 Å². The van der Waals surface area contributed by atoms with E-state index in [0.717, 1.165) is 0 Å². The van der Waals surface area contributed by atoms with Crippen molar-refractivity contribution in [1.82, 2.24) is 0 Å². The van der Waals surface area contributed by atoms with E-state index in [1.54, 1.807) is 0 Å². The largest absolute Gasteiger partial charge is 0.466 e. The van der Waals surface area contributed by atoms with Crippen molar-refractivity contribution in [2.75, 3.05) is 7.11 Å². The number of rotatable bonds is 4. The van der Waals surface area contributed by atoms with E-state index < -0.39 is 44.9 Å². The summed E-state index contributed by atoms with van der Waals surface area (Å²) in [5, 5.41) is -4.80. The molecule has 4 unspecified atom stereocenters. The Hall–Kier alpha value is -1.29. The van der Waals surface area contributed by atoms with Crippen LogP contribution in [0, 0.1) is 11.8 Å². The molecule has 2 aliphatic heterocycles. The van der Waals surface area contributed by atoms with Crippen molar-refractivity contribution < 1.29 is 40.4 Å². The summed E-state index contributed by atoms with van der Waals surface area (Å²) in [5.74, 6) is -3.07. The van der Waals surface area contributed by atoms with E-state index in [9.17, 15) is 26.8 Å². The van der Waals surface area contributed by atoms with E-state index in [-0.39, 0.29) is 18.8 Å². The molecule has 0 aromatic heterocycles. The molecule has 2 saturated heterocycles. The van der Waals surface area contributed by atoms with Crippen LogP contribution in [0.25, 0.3) is 0 Å². The molecule has 0 radical (unpaired) electrons. The summed E-state index contributed by atoms with van der Waals surface area (Å²) in [5.41, 5.74) is -1.29. The second-order valence-electron chi connectivity index (χ2n) is 6.42. The van der Waals surface area contributed by atoms with Crippen LogP contribution in [0.4, 0.5) is 8.78 Å². The molecule has 2 aliphatic carbocycles. The van der Waals surface area contributed by atoms with E-state index in [2.05, 4.69) is 4.18 Å². The number of carbonyl (C=O) groups is 2. The summed E-state index contributed by atoms with van der Waals surface area (Å²) in [6.07, 6.45) is 1.20. The second-order valence-corrected chi connectivity index (χ2v) is 8.17. The molecule has 4 bridgehead atoms. The average Bonchev–Trinajstić information content (AvgIpc) is 2.60. The Morgan fingerprint density at radius 1 is 1.30 bits per heavy atom. The van der Waals surface area contributed by atoms with Crippen molar-refractivity contribution in [1.29, 1.82) is 0 Å². The number of carbonyl (C=O) groups excluding carboxylic acids is 2. The van der Waals surface area contributed by atoms with Crippen molar-refractivity contribution in [2.24, 2.45) is 11.8 Å². The highest BCUT2D eigenvalue weighted by Gasteiger charge is 2.61. The van der Waals surface area contributed by atoms with E-state index in [4.69, 9.17) is 9.47 Å². The number of esters is 2. The zero-order valence-electron chi connectivity index (χ0n) is 12.3. The van der Waals surface area contributed by atoms with Crippen LogP contribution in [0.15, 0.2) is 0 Å². The molecule has 2 heterocycles. The third-order valence-corrected chi connectivity index (χ3v) is 6.02. The quantitative estimate of drug-likeness (QED) is 0.548. The minimum Gasteiger partial charge on any atom is -0.462 e. The molecule has 130 valence electrons. The molecule has 2 saturated carbocycles. The van der Waals surface area contributed by atoms with Gasteiger partial charge in [-0.1, -0.05) is 0 Å².